The van der Waals surface area contributed by atoms with E-state index in [1.54, 1.807) is 0 Å². The third kappa shape index (κ3) is 5.64. The Labute approximate surface area is 214 Å². The van der Waals surface area contributed by atoms with Crippen LogP contribution in [-0.4, -0.2) is 91.1 Å². The van der Waals surface area contributed by atoms with Gasteiger partial charge in [-0.2, -0.15) is 0 Å². The number of hydrogen-bond acceptors (Lipinski definition) is 11. The molecule has 1 saturated heterocycles. The molecule has 0 spiro atoms. The number of β-lactam (4-membered cyclic amide) rings is 1. The Kier molecular flexibility index (Phi) is 7.84. The van der Waals surface area contributed by atoms with Gasteiger partial charge >= 0.3 is 5.97 Å². The van der Waals surface area contributed by atoms with Crippen molar-refractivity contribution in [2.24, 2.45) is 10.9 Å². The van der Waals surface area contributed by atoms with E-state index in [-0.39, 0.29) is 28.9 Å². The van der Waals surface area contributed by atoms with E-state index in [4.69, 9.17) is 10.9 Å². The van der Waals surface area contributed by atoms with Crippen LogP contribution in [0.5, 0.6) is 0 Å². The zero-order chi connectivity index (χ0) is 26.0. The number of carbonyl (C=O) groups is 3. The van der Waals surface area contributed by atoms with Gasteiger partial charge in [0.2, 0.25) is 21.1 Å². The Balaban J connectivity index is 1.42. The zero-order valence-corrected chi connectivity index (χ0v) is 21.3. The first-order chi connectivity index (χ1) is 17.1. The van der Waals surface area contributed by atoms with Crippen LogP contribution in [0.4, 0.5) is 0 Å². The SMILES string of the molecule is NC(C(=O)NC1C(=O)N2C(C(=O)O)=C(CSc3nnnn3CCS(N)(=O)=O)CSC12)C1=CCC=CC1. The molecule has 2 aliphatic heterocycles. The molecule has 36 heavy (non-hydrogen) atoms. The van der Waals surface area contributed by atoms with Crippen molar-refractivity contribution in [1.82, 2.24) is 30.4 Å². The van der Waals surface area contributed by atoms with E-state index in [0.29, 0.717) is 24.2 Å². The number of nitrogens with zero attached hydrogens (tertiary/aromatic N) is 5. The summed E-state index contributed by atoms with van der Waals surface area (Å²) in [4.78, 5) is 38.8. The molecule has 4 rings (SSSR count). The first-order valence-corrected chi connectivity index (χ1v) is 14.5. The van der Waals surface area contributed by atoms with Gasteiger partial charge in [0, 0.05) is 11.5 Å². The highest BCUT2D eigenvalue weighted by atomic mass is 32.2. The van der Waals surface area contributed by atoms with E-state index >= 15 is 0 Å². The molecule has 0 saturated carbocycles. The number of sulfonamides is 1. The molecule has 6 N–H and O–H groups in total. The first-order valence-electron chi connectivity index (χ1n) is 10.8. The largest absolute Gasteiger partial charge is 0.477 e. The average Bonchev–Trinajstić information content (AvgIpc) is 3.30. The van der Waals surface area contributed by atoms with Crippen LogP contribution in [0, 0.1) is 0 Å². The molecule has 3 unspecified atom stereocenters. The van der Waals surface area contributed by atoms with Gasteiger partial charge in [-0.3, -0.25) is 14.5 Å². The summed E-state index contributed by atoms with van der Waals surface area (Å²) in [5, 5.41) is 28.3. The summed E-state index contributed by atoms with van der Waals surface area (Å²) in [6, 6.07) is -1.76. The summed E-state index contributed by atoms with van der Waals surface area (Å²) in [7, 11) is -3.71. The topological polar surface area (TPSA) is 216 Å². The molecular formula is C19H24N8O6S3. The number of carboxylic acid groups (broad SMARTS) is 1. The van der Waals surface area contributed by atoms with Crippen LogP contribution >= 0.6 is 23.5 Å². The van der Waals surface area contributed by atoms with Crippen molar-refractivity contribution < 1.29 is 27.9 Å². The van der Waals surface area contributed by atoms with Gasteiger partial charge in [0.05, 0.1) is 12.3 Å². The Morgan fingerprint density at radius 1 is 1.36 bits per heavy atom. The quantitative estimate of drug-likeness (QED) is 0.145. The molecule has 3 atom stereocenters. The van der Waals surface area contributed by atoms with Crippen LogP contribution in [-0.2, 0) is 31.0 Å². The molecule has 3 aliphatic rings. The van der Waals surface area contributed by atoms with Gasteiger partial charge in [-0.05, 0) is 34.4 Å². The lowest BCUT2D eigenvalue weighted by Gasteiger charge is -2.49. The first kappa shape index (κ1) is 26.3. The van der Waals surface area contributed by atoms with Crippen LogP contribution in [0.2, 0.25) is 0 Å². The number of carboxylic acids is 1. The molecule has 0 aromatic carbocycles. The third-order valence-electron chi connectivity index (χ3n) is 5.73. The average molecular weight is 557 g/mol. The van der Waals surface area contributed by atoms with Crippen molar-refractivity contribution in [2.45, 2.75) is 42.0 Å². The van der Waals surface area contributed by atoms with E-state index in [2.05, 4.69) is 20.8 Å². The number of rotatable bonds is 10. The highest BCUT2D eigenvalue weighted by Crippen LogP contribution is 2.41. The number of nitrogens with two attached hydrogens (primary N) is 2. The Bertz CT molecular complexity index is 1270. The summed E-state index contributed by atoms with van der Waals surface area (Å²) < 4.78 is 23.7. The Morgan fingerprint density at radius 3 is 2.81 bits per heavy atom. The maximum absolute atomic E-state index is 12.9. The van der Waals surface area contributed by atoms with Crippen LogP contribution in [0.3, 0.4) is 0 Å². The molecule has 2 amide bonds. The summed E-state index contributed by atoms with van der Waals surface area (Å²) in [6.45, 7) is -0.0584. The summed E-state index contributed by atoms with van der Waals surface area (Å²) >= 11 is 2.45. The number of fused-ring (bicyclic) bond motifs is 1. The maximum Gasteiger partial charge on any atom is 0.352 e. The highest BCUT2D eigenvalue weighted by molar-refractivity contribution is 8.01. The second-order valence-electron chi connectivity index (χ2n) is 8.16. The lowest BCUT2D eigenvalue weighted by molar-refractivity contribution is -0.150. The van der Waals surface area contributed by atoms with Gasteiger partial charge < -0.3 is 16.2 Å². The number of aromatic nitrogens is 4. The molecule has 1 aliphatic carbocycles. The van der Waals surface area contributed by atoms with Gasteiger partial charge in [0.1, 0.15) is 23.2 Å². The van der Waals surface area contributed by atoms with Crippen LogP contribution in [0.25, 0.3) is 0 Å². The third-order valence-corrected chi connectivity index (χ3v) is 8.86. The lowest BCUT2D eigenvalue weighted by Crippen LogP contribution is -2.71. The van der Waals surface area contributed by atoms with Crippen molar-refractivity contribution in [3.05, 3.63) is 35.1 Å². The lowest BCUT2D eigenvalue weighted by atomic mass is 9.97. The van der Waals surface area contributed by atoms with Gasteiger partial charge in [0.25, 0.3) is 5.91 Å². The number of carbonyl (C=O) groups excluding carboxylic acids is 2. The van der Waals surface area contributed by atoms with Gasteiger partial charge in [-0.25, -0.2) is 23.0 Å². The minimum absolute atomic E-state index is 0.0584. The number of aryl methyl sites for hydroxylation is 1. The van der Waals surface area contributed by atoms with Crippen molar-refractivity contribution in [1.29, 1.82) is 0 Å². The van der Waals surface area contributed by atoms with E-state index < -0.39 is 45.3 Å². The van der Waals surface area contributed by atoms with Gasteiger partial charge in [0.15, 0.2) is 0 Å². The molecule has 194 valence electrons. The molecule has 1 aromatic rings. The zero-order valence-electron chi connectivity index (χ0n) is 18.8. The predicted octanol–water partition coefficient (Wildman–Crippen LogP) is -1.60. The smallest absolute Gasteiger partial charge is 0.352 e. The second-order valence-corrected chi connectivity index (χ2v) is 11.9. The molecule has 1 aromatic heterocycles. The minimum Gasteiger partial charge on any atom is -0.477 e. The molecular weight excluding hydrogens is 532 g/mol. The van der Waals surface area contributed by atoms with E-state index in [1.165, 1.54) is 21.3 Å². The van der Waals surface area contributed by atoms with Gasteiger partial charge in [-0.1, -0.05) is 30.0 Å². The van der Waals surface area contributed by atoms with E-state index in [9.17, 15) is 27.9 Å². The minimum atomic E-state index is -3.71. The second kappa shape index (κ2) is 10.7. The summed E-state index contributed by atoms with van der Waals surface area (Å²) in [6.07, 6.45) is 7.04. The van der Waals surface area contributed by atoms with Crippen molar-refractivity contribution >= 4 is 51.3 Å². The fourth-order valence-corrected chi connectivity index (χ4v) is 6.70. The number of hydrogen-bond donors (Lipinski definition) is 4. The molecule has 17 heteroatoms. The number of nitrogens with one attached hydrogen (secondary N) is 1. The van der Waals surface area contributed by atoms with Crippen LogP contribution < -0.4 is 16.2 Å². The van der Waals surface area contributed by atoms with Gasteiger partial charge in [-0.15, -0.1) is 16.9 Å². The fourth-order valence-electron chi connectivity index (χ4n) is 3.88. The van der Waals surface area contributed by atoms with Crippen molar-refractivity contribution in [3.8, 4) is 0 Å². The van der Waals surface area contributed by atoms with E-state index in [1.807, 2.05) is 18.2 Å². The predicted molar refractivity (Wildman–Crippen MR) is 131 cm³/mol. The number of amides is 2. The summed E-state index contributed by atoms with van der Waals surface area (Å²) in [5.74, 6) is -2.18. The number of primary sulfonamides is 1. The standard InChI is InChI=1S/C19H24N8O6S3/c20-12(10-4-2-1-3-5-10)15(28)22-13-16(29)27-14(18(30)31)11(8-34-17(13)27)9-35-19-23-24-25-26(19)6-7-36(21,32)33/h1-2,5,12-13,17H,3-4,6-9,20H2,(H,22,28)(H,30,31)(H2,21,32,33). The maximum atomic E-state index is 12.9. The van der Waals surface area contributed by atoms with Crippen LogP contribution in [0.15, 0.2) is 40.2 Å². The normalized spacial score (nSPS) is 22.6. The van der Waals surface area contributed by atoms with Crippen molar-refractivity contribution in [2.75, 3.05) is 17.3 Å². The Morgan fingerprint density at radius 2 is 2.14 bits per heavy atom. The number of allylic oxidation sites excluding steroid dienone is 3. The van der Waals surface area contributed by atoms with Crippen LogP contribution in [0.1, 0.15) is 12.8 Å². The molecule has 0 radical (unpaired) electrons. The van der Waals surface area contributed by atoms with Crippen molar-refractivity contribution in [3.63, 3.8) is 0 Å². The Hall–Kier alpha value is -2.73. The summed E-state index contributed by atoms with van der Waals surface area (Å²) in [5.41, 5.74) is 7.17. The fraction of sp³-hybridized carbons (Fsp3) is 0.474. The molecule has 14 nitrogen and oxygen atoms in total. The van der Waals surface area contributed by atoms with E-state index in [0.717, 1.165) is 17.3 Å². The molecule has 3 heterocycles. The molecule has 1 fully saturated rings. The molecule has 0 bridgehead atoms. The highest BCUT2D eigenvalue weighted by Gasteiger charge is 2.54. The number of tetrazole rings is 1. The number of aliphatic carboxylic acids is 1. The monoisotopic (exact) mass is 556 g/mol. The number of thioether (sulfide) groups is 2.